The lowest BCUT2D eigenvalue weighted by molar-refractivity contribution is 0.0970. The monoisotopic (exact) mass is 1060 g/mol. The van der Waals surface area contributed by atoms with Gasteiger partial charge in [-0.25, -0.2) is 4.39 Å². The zero-order valence-corrected chi connectivity index (χ0v) is 48.4. The maximum absolute atomic E-state index is 15.7. The second-order valence-corrected chi connectivity index (χ2v) is 27.0. The molecule has 0 fully saturated rings. The van der Waals surface area contributed by atoms with Gasteiger partial charge in [-0.2, -0.15) is 0 Å². The number of nitrogens with one attached hydrogen (secondary N) is 3. The number of benzene rings is 3. The van der Waals surface area contributed by atoms with Crippen molar-refractivity contribution in [3.8, 4) is 0 Å². The van der Waals surface area contributed by atoms with Crippen LogP contribution in [0.15, 0.2) is 83.5 Å². The fourth-order valence-corrected chi connectivity index (χ4v) is 11.9. The van der Waals surface area contributed by atoms with Crippen LogP contribution in [0.2, 0.25) is 5.02 Å². The lowest BCUT2D eigenvalue weighted by atomic mass is 9.76. The van der Waals surface area contributed by atoms with Crippen LogP contribution in [0.3, 0.4) is 0 Å². The Morgan fingerprint density at radius 1 is 0.486 bits per heavy atom. The molecule has 0 aliphatic carbocycles. The molecule has 9 heteroatoms. The molecule has 0 saturated heterocycles. The maximum atomic E-state index is 15.7. The number of hydrogen-bond acceptors (Lipinski definition) is 3. The van der Waals surface area contributed by atoms with Crippen LogP contribution in [0, 0.1) is 5.82 Å². The Hall–Kier alpha value is -4.79. The molecule has 386 valence electrons. The minimum atomic E-state index is -0.424. The summed E-state index contributed by atoms with van der Waals surface area (Å²) >= 11 is 11.3. The quantitative estimate of drug-likeness (QED) is 0.0748. The van der Waals surface area contributed by atoms with Gasteiger partial charge in [-0.1, -0.05) is 175 Å². The number of aromatic amines is 3. The second-order valence-electron chi connectivity index (χ2n) is 25.8. The summed E-state index contributed by atoms with van der Waals surface area (Å²) in [6.45, 7) is 34.1. The van der Waals surface area contributed by atoms with Crippen LogP contribution in [-0.4, -0.2) is 32.3 Å². The third kappa shape index (κ3) is 13.5. The maximum Gasteiger partial charge on any atom is 0.179 e. The summed E-state index contributed by atoms with van der Waals surface area (Å²) in [7, 11) is 0. The number of rotatable bonds is 18. The molecule has 0 saturated carbocycles. The van der Waals surface area contributed by atoms with E-state index in [1.54, 1.807) is 6.20 Å². The number of aromatic nitrogens is 3. The van der Waals surface area contributed by atoms with Crippen molar-refractivity contribution >= 4 is 44.9 Å². The van der Waals surface area contributed by atoms with Gasteiger partial charge in [-0.05, 0) is 151 Å². The third-order valence-electron chi connectivity index (χ3n) is 14.3. The van der Waals surface area contributed by atoms with Gasteiger partial charge in [0.05, 0.1) is 17.1 Å². The van der Waals surface area contributed by atoms with Crippen LogP contribution in [0.5, 0.6) is 0 Å². The van der Waals surface area contributed by atoms with Crippen molar-refractivity contribution in [2.45, 2.75) is 195 Å². The Balaban J connectivity index is 1.15. The highest BCUT2D eigenvalue weighted by atomic mass is 79.9. The predicted molar refractivity (Wildman–Crippen MR) is 301 cm³/mol. The van der Waals surface area contributed by atoms with E-state index in [4.69, 9.17) is 11.6 Å². The molecule has 3 aromatic heterocycles. The molecule has 6 aromatic rings. The molecule has 72 heavy (non-hydrogen) atoms. The van der Waals surface area contributed by atoms with E-state index in [0.717, 1.165) is 48.7 Å². The molecule has 3 N–H and O–H groups in total. The Labute approximate surface area is 443 Å². The van der Waals surface area contributed by atoms with Crippen molar-refractivity contribution in [2.75, 3.05) is 0 Å². The highest BCUT2D eigenvalue weighted by Gasteiger charge is 2.33. The summed E-state index contributed by atoms with van der Waals surface area (Å²) in [6.07, 6.45) is 5.82. The van der Waals surface area contributed by atoms with E-state index in [9.17, 15) is 14.4 Å². The first-order valence-electron chi connectivity index (χ1n) is 25.7. The van der Waals surface area contributed by atoms with E-state index in [2.05, 4.69) is 124 Å². The van der Waals surface area contributed by atoms with Gasteiger partial charge >= 0.3 is 0 Å². The van der Waals surface area contributed by atoms with Gasteiger partial charge in [0.15, 0.2) is 17.3 Å². The summed E-state index contributed by atoms with van der Waals surface area (Å²) in [5.41, 5.74) is 10.8. The Morgan fingerprint density at radius 2 is 0.847 bits per heavy atom. The van der Waals surface area contributed by atoms with Gasteiger partial charge < -0.3 is 15.0 Å². The van der Waals surface area contributed by atoms with Gasteiger partial charge in [0.2, 0.25) is 0 Å². The number of Topliss-reactive ketones (excluding diaryl/α,β-unsaturated/α-hetero) is 3. The minimum Gasteiger partial charge on any atom is -0.359 e. The average Bonchev–Trinajstić information content (AvgIpc) is 4.07. The Morgan fingerprint density at radius 3 is 1.25 bits per heavy atom. The lowest BCUT2D eigenvalue weighted by Gasteiger charge is -2.31. The number of aryl methyl sites for hydroxylation is 3. The zero-order valence-electron chi connectivity index (χ0n) is 46.0. The first-order chi connectivity index (χ1) is 33.2. The molecule has 0 atom stereocenters. The molecule has 0 spiro atoms. The van der Waals surface area contributed by atoms with E-state index in [1.165, 1.54) is 11.1 Å². The molecule has 3 heterocycles. The first-order valence-corrected chi connectivity index (χ1v) is 26.9. The SMILES string of the molecule is CC(C)(C)c1cc(CCC(=O)c2ccc(CC(C)(C)c3cc(CCC(=O)c4ccc(CC(C)(C)c5cc(CCC(=O)c6ccc[nH]6)cc(C(C)(C)C)c5Br)[nH]4)cc(C(C)(C)C)c3Cl)[nH]2)cc(C(C)(C)C)c1F. The number of halogens is 3. The van der Waals surface area contributed by atoms with Crippen molar-refractivity contribution in [3.05, 3.63) is 173 Å². The van der Waals surface area contributed by atoms with E-state index >= 15 is 4.39 Å². The standard InChI is InChI=1S/C63H80BrClFN3O3/c1-58(2,3)43-30-38(19-26-52(70)49-18-17-29-67-49)31-44(55(43)64)62(13,14)36-41-22-24-50(68-41)53(71)27-20-39-32-45(59(4,5)6)56(65)46(33-39)63(15,16)37-42-23-25-51(69-42)54(72)28-21-40-34-47(60(7,8)9)57(66)48(35-40)61(10,11)12/h17-18,22-25,29-35,67-69H,19-21,26-28,36-37H2,1-16H3. The number of hydrogen-bond donors (Lipinski definition) is 3. The molecular weight excluding hydrogens is 981 g/mol. The molecule has 0 amide bonds. The fraction of sp³-hybridized carbons (Fsp3) is 0.476. The van der Waals surface area contributed by atoms with Crippen molar-refractivity contribution in [2.24, 2.45) is 0 Å². The molecule has 0 radical (unpaired) electrons. The zero-order chi connectivity index (χ0) is 53.5. The third-order valence-corrected chi connectivity index (χ3v) is 15.5. The van der Waals surface area contributed by atoms with Crippen molar-refractivity contribution < 1.29 is 18.8 Å². The first kappa shape index (κ1) is 56.5. The van der Waals surface area contributed by atoms with E-state index in [-0.39, 0.29) is 50.2 Å². The summed E-state index contributed by atoms with van der Waals surface area (Å²) < 4.78 is 16.8. The molecule has 0 bridgehead atoms. The molecule has 0 aliphatic heterocycles. The smallest absolute Gasteiger partial charge is 0.179 e. The molecule has 6 nitrogen and oxygen atoms in total. The van der Waals surface area contributed by atoms with Gasteiger partial charge in [0.25, 0.3) is 0 Å². The Kier molecular flexibility index (Phi) is 16.6. The highest BCUT2D eigenvalue weighted by Crippen LogP contribution is 2.43. The average molecular weight is 1060 g/mol. The molecular formula is C63H80BrClFN3O3. The van der Waals surface area contributed by atoms with Crippen molar-refractivity contribution in [3.63, 3.8) is 0 Å². The lowest BCUT2D eigenvalue weighted by Crippen LogP contribution is -2.24. The van der Waals surface area contributed by atoms with Crippen LogP contribution in [-0.2, 0) is 64.6 Å². The van der Waals surface area contributed by atoms with Crippen molar-refractivity contribution in [1.82, 2.24) is 15.0 Å². The number of carbonyl (C=O) groups excluding carboxylic acids is 3. The summed E-state index contributed by atoms with van der Waals surface area (Å²) in [5.74, 6) is -0.00242. The van der Waals surface area contributed by atoms with Crippen molar-refractivity contribution in [1.29, 1.82) is 0 Å². The summed E-state index contributed by atoms with van der Waals surface area (Å²) in [6, 6.07) is 24.1. The molecule has 0 aliphatic rings. The second kappa shape index (κ2) is 21.2. The van der Waals surface area contributed by atoms with E-state index in [1.807, 2.05) is 90.1 Å². The molecule has 6 rings (SSSR count). The van der Waals surface area contributed by atoms with E-state index in [0.29, 0.717) is 79.6 Å². The topological polar surface area (TPSA) is 98.6 Å². The number of H-pyrrole nitrogens is 3. The van der Waals surface area contributed by atoms with E-state index < -0.39 is 5.41 Å². The van der Waals surface area contributed by atoms with Gasteiger partial charge in [-0.3, -0.25) is 14.4 Å². The summed E-state index contributed by atoms with van der Waals surface area (Å²) in [4.78, 5) is 50.5. The van der Waals surface area contributed by atoms with Gasteiger partial charge in [0.1, 0.15) is 5.82 Å². The molecule has 0 unspecified atom stereocenters. The van der Waals surface area contributed by atoms with Gasteiger partial charge in [0, 0.05) is 46.3 Å². The largest absolute Gasteiger partial charge is 0.359 e. The van der Waals surface area contributed by atoms with Crippen LogP contribution in [0.1, 0.15) is 223 Å². The number of ketones is 3. The van der Waals surface area contributed by atoms with Gasteiger partial charge in [-0.15, -0.1) is 0 Å². The Bertz CT molecular complexity index is 2900. The fourth-order valence-electron chi connectivity index (χ4n) is 9.89. The van der Waals surface area contributed by atoms with Crippen LogP contribution in [0.4, 0.5) is 4.39 Å². The molecule has 3 aromatic carbocycles. The van der Waals surface area contributed by atoms with Crippen LogP contribution in [0.25, 0.3) is 0 Å². The van der Waals surface area contributed by atoms with Crippen LogP contribution >= 0.6 is 27.5 Å². The van der Waals surface area contributed by atoms with Crippen LogP contribution < -0.4 is 0 Å². The minimum absolute atomic E-state index is 0.0122. The highest BCUT2D eigenvalue weighted by molar-refractivity contribution is 9.10. The normalized spacial score (nSPS) is 13.0. The summed E-state index contributed by atoms with van der Waals surface area (Å²) in [5, 5.41) is 0.725. The number of carbonyl (C=O) groups is 3. The predicted octanol–water partition coefficient (Wildman–Crippen LogP) is 16.9.